The lowest BCUT2D eigenvalue weighted by molar-refractivity contribution is -0.136. The van der Waals surface area contributed by atoms with Crippen molar-refractivity contribution in [2.75, 3.05) is 12.9 Å². The Bertz CT molecular complexity index is 1250. The maximum absolute atomic E-state index is 11.7. The SMILES string of the molecule is CS(=O)(=O)c1ccc(-c2cc(CO)cc(OCCCCCCc3ccccc3CCC(=O)O)c2)cc1. The molecule has 0 unspecified atom stereocenters. The van der Waals surface area contributed by atoms with Crippen molar-refractivity contribution in [3.63, 3.8) is 0 Å². The Balaban J connectivity index is 1.48. The zero-order valence-corrected chi connectivity index (χ0v) is 21.5. The number of sulfone groups is 1. The summed E-state index contributed by atoms with van der Waals surface area (Å²) >= 11 is 0. The van der Waals surface area contributed by atoms with Crippen LogP contribution in [0.5, 0.6) is 5.75 Å². The Labute approximate surface area is 213 Å². The lowest BCUT2D eigenvalue weighted by Gasteiger charge is -2.12. The Morgan fingerprint density at radius 3 is 2.14 bits per heavy atom. The molecular weight excluding hydrogens is 476 g/mol. The topological polar surface area (TPSA) is 101 Å². The number of rotatable bonds is 14. The van der Waals surface area contributed by atoms with Gasteiger partial charge in [-0.3, -0.25) is 4.79 Å². The average molecular weight is 511 g/mol. The molecule has 0 amide bonds. The number of benzene rings is 3. The molecule has 0 saturated heterocycles. The highest BCUT2D eigenvalue weighted by molar-refractivity contribution is 7.90. The summed E-state index contributed by atoms with van der Waals surface area (Å²) in [6.45, 7) is 0.454. The minimum Gasteiger partial charge on any atom is -0.494 e. The number of aliphatic hydroxyl groups is 1. The van der Waals surface area contributed by atoms with Crippen molar-refractivity contribution < 1.29 is 28.2 Å². The summed E-state index contributed by atoms with van der Waals surface area (Å²) in [4.78, 5) is 11.1. The third-order valence-electron chi connectivity index (χ3n) is 6.10. The molecule has 0 atom stereocenters. The molecule has 6 nitrogen and oxygen atoms in total. The highest BCUT2D eigenvalue weighted by Gasteiger charge is 2.09. The summed E-state index contributed by atoms with van der Waals surface area (Å²) < 4.78 is 29.4. The molecule has 0 fully saturated rings. The Morgan fingerprint density at radius 2 is 1.50 bits per heavy atom. The van der Waals surface area contributed by atoms with Gasteiger partial charge in [0.05, 0.1) is 18.1 Å². The van der Waals surface area contributed by atoms with E-state index < -0.39 is 15.8 Å². The van der Waals surface area contributed by atoms with Gasteiger partial charge in [-0.15, -0.1) is 0 Å². The van der Waals surface area contributed by atoms with Crippen LogP contribution in [0.4, 0.5) is 0 Å². The zero-order valence-electron chi connectivity index (χ0n) is 20.7. The van der Waals surface area contributed by atoms with Crippen molar-refractivity contribution >= 4 is 15.8 Å². The van der Waals surface area contributed by atoms with Gasteiger partial charge < -0.3 is 14.9 Å². The molecule has 2 N–H and O–H groups in total. The fraction of sp³-hybridized carbons (Fsp3) is 0.345. The van der Waals surface area contributed by atoms with Gasteiger partial charge >= 0.3 is 5.97 Å². The normalized spacial score (nSPS) is 11.4. The van der Waals surface area contributed by atoms with Crippen molar-refractivity contribution in [3.8, 4) is 16.9 Å². The minimum atomic E-state index is -3.25. The summed E-state index contributed by atoms with van der Waals surface area (Å²) in [7, 11) is -3.25. The van der Waals surface area contributed by atoms with Crippen molar-refractivity contribution in [1.82, 2.24) is 0 Å². The van der Waals surface area contributed by atoms with Gasteiger partial charge in [0.1, 0.15) is 5.75 Å². The number of ether oxygens (including phenoxy) is 1. The maximum atomic E-state index is 11.7. The van der Waals surface area contributed by atoms with Gasteiger partial charge in [-0.2, -0.15) is 0 Å². The first-order chi connectivity index (χ1) is 17.3. The first-order valence-corrected chi connectivity index (χ1v) is 14.1. The van der Waals surface area contributed by atoms with E-state index in [0.717, 1.165) is 54.4 Å². The van der Waals surface area contributed by atoms with E-state index in [-0.39, 0.29) is 17.9 Å². The number of carboxylic acid groups (broad SMARTS) is 1. The van der Waals surface area contributed by atoms with Gasteiger partial charge in [0.25, 0.3) is 0 Å². The summed E-state index contributed by atoms with van der Waals surface area (Å²) in [6.07, 6.45) is 6.87. The molecule has 0 aromatic heterocycles. The predicted octanol–water partition coefficient (Wildman–Crippen LogP) is 5.45. The molecule has 0 bridgehead atoms. The predicted molar refractivity (Wildman–Crippen MR) is 141 cm³/mol. The highest BCUT2D eigenvalue weighted by Crippen LogP contribution is 2.28. The summed E-state index contributed by atoms with van der Waals surface area (Å²) in [5.74, 6) is -0.0950. The smallest absolute Gasteiger partial charge is 0.303 e. The molecule has 0 aliphatic heterocycles. The first-order valence-electron chi connectivity index (χ1n) is 12.2. The molecule has 0 radical (unpaired) electrons. The summed E-state index contributed by atoms with van der Waals surface area (Å²) in [5.41, 5.74) is 4.79. The summed E-state index contributed by atoms with van der Waals surface area (Å²) in [5, 5.41) is 18.6. The van der Waals surface area contributed by atoms with E-state index in [0.29, 0.717) is 18.8 Å². The van der Waals surface area contributed by atoms with Crippen LogP contribution in [-0.4, -0.2) is 37.5 Å². The molecule has 3 aromatic rings. The molecule has 192 valence electrons. The third-order valence-corrected chi connectivity index (χ3v) is 7.23. The van der Waals surface area contributed by atoms with Crippen molar-refractivity contribution in [1.29, 1.82) is 0 Å². The molecule has 0 heterocycles. The number of aliphatic hydroxyl groups excluding tert-OH is 1. The number of aliphatic carboxylic acids is 1. The van der Waals surface area contributed by atoms with Crippen molar-refractivity contribution in [3.05, 3.63) is 83.4 Å². The van der Waals surface area contributed by atoms with Gasteiger partial charge in [0.2, 0.25) is 0 Å². The second-order valence-corrected chi connectivity index (χ2v) is 11.0. The first kappa shape index (κ1) is 27.4. The van der Waals surface area contributed by atoms with Crippen LogP contribution in [0.3, 0.4) is 0 Å². The lowest BCUT2D eigenvalue weighted by Crippen LogP contribution is -2.01. The average Bonchev–Trinajstić information content (AvgIpc) is 2.86. The van der Waals surface area contributed by atoms with E-state index in [1.165, 1.54) is 11.8 Å². The second-order valence-electron chi connectivity index (χ2n) is 9.00. The molecule has 7 heteroatoms. The van der Waals surface area contributed by atoms with Crippen LogP contribution >= 0.6 is 0 Å². The van der Waals surface area contributed by atoms with Crippen molar-refractivity contribution in [2.45, 2.75) is 56.4 Å². The number of carboxylic acids is 1. The second kappa shape index (κ2) is 13.2. The molecule has 0 aliphatic carbocycles. The molecular formula is C29H34O6S. The number of hydrogen-bond acceptors (Lipinski definition) is 5. The van der Waals surface area contributed by atoms with E-state index in [2.05, 4.69) is 6.07 Å². The van der Waals surface area contributed by atoms with E-state index in [1.54, 1.807) is 24.3 Å². The van der Waals surface area contributed by atoms with E-state index in [4.69, 9.17) is 9.84 Å². The highest BCUT2D eigenvalue weighted by atomic mass is 32.2. The van der Waals surface area contributed by atoms with Crippen LogP contribution in [-0.2, 0) is 34.1 Å². The lowest BCUT2D eigenvalue weighted by atomic mass is 9.98. The van der Waals surface area contributed by atoms with E-state index in [1.807, 2.05) is 36.4 Å². The fourth-order valence-electron chi connectivity index (χ4n) is 4.14. The molecule has 0 spiro atoms. The Hall–Kier alpha value is -3.16. The zero-order chi connectivity index (χ0) is 26.0. The fourth-order valence-corrected chi connectivity index (χ4v) is 4.78. The van der Waals surface area contributed by atoms with Crippen molar-refractivity contribution in [2.24, 2.45) is 0 Å². The molecule has 3 aromatic carbocycles. The van der Waals surface area contributed by atoms with Gasteiger partial charge in [-0.1, -0.05) is 49.2 Å². The minimum absolute atomic E-state index is 0.112. The molecule has 3 rings (SSSR count). The van der Waals surface area contributed by atoms with E-state index >= 15 is 0 Å². The maximum Gasteiger partial charge on any atom is 0.303 e. The standard InChI is InChI=1S/C29H34O6S/c1-36(33,34)28-14-11-25(12-15-28)26-18-22(21-30)19-27(20-26)35-17-7-3-2-4-8-23-9-5-6-10-24(23)13-16-29(31)32/h5-6,9-12,14-15,18-20,30H,2-4,7-8,13,16-17,21H2,1H3,(H,31,32). The van der Waals surface area contributed by atoms with Gasteiger partial charge in [0.15, 0.2) is 9.84 Å². The molecule has 0 aliphatic rings. The van der Waals surface area contributed by atoms with Crippen LogP contribution in [0.1, 0.15) is 48.8 Å². The number of hydrogen-bond donors (Lipinski definition) is 2. The van der Waals surface area contributed by atoms with E-state index in [9.17, 15) is 18.3 Å². The Kier molecular flexibility index (Phi) is 10.1. The van der Waals surface area contributed by atoms with Crippen LogP contribution in [0.25, 0.3) is 11.1 Å². The molecule has 36 heavy (non-hydrogen) atoms. The van der Waals surface area contributed by atoms with Gasteiger partial charge in [-0.05, 0) is 83.8 Å². The van der Waals surface area contributed by atoms with Crippen LogP contribution < -0.4 is 4.74 Å². The number of carbonyl (C=O) groups is 1. The summed E-state index contributed by atoms with van der Waals surface area (Å²) in [6, 6.07) is 20.3. The quantitative estimate of drug-likeness (QED) is 0.280. The van der Waals surface area contributed by atoms with Gasteiger partial charge in [-0.25, -0.2) is 8.42 Å². The Morgan fingerprint density at radius 1 is 0.833 bits per heavy atom. The van der Waals surface area contributed by atoms with Gasteiger partial charge in [0, 0.05) is 12.7 Å². The van der Waals surface area contributed by atoms with Crippen LogP contribution in [0.2, 0.25) is 0 Å². The van der Waals surface area contributed by atoms with Crippen LogP contribution in [0, 0.1) is 0 Å². The number of aryl methyl sites for hydroxylation is 2. The van der Waals surface area contributed by atoms with Crippen LogP contribution in [0.15, 0.2) is 71.6 Å². The number of unbranched alkanes of at least 4 members (excludes halogenated alkanes) is 3. The monoisotopic (exact) mass is 510 g/mol. The largest absolute Gasteiger partial charge is 0.494 e. The third kappa shape index (κ3) is 8.50. The molecule has 0 saturated carbocycles.